The van der Waals surface area contributed by atoms with Crippen LogP contribution in [0.25, 0.3) is 0 Å². The fourth-order valence-electron chi connectivity index (χ4n) is 2.67. The van der Waals surface area contributed by atoms with Gasteiger partial charge in [0.15, 0.2) is 12.9 Å². The van der Waals surface area contributed by atoms with Crippen LogP contribution in [0.5, 0.6) is 0 Å². The second kappa shape index (κ2) is 7.26. The molecule has 116 valence electrons. The summed E-state index contributed by atoms with van der Waals surface area (Å²) >= 11 is -0.282. The highest BCUT2D eigenvalue weighted by molar-refractivity contribution is 6.09. The summed E-state index contributed by atoms with van der Waals surface area (Å²) in [6.45, 7) is 4.36. The zero-order valence-corrected chi connectivity index (χ0v) is 15.6. The molecule has 2 aromatic rings. The number of carbonyl (C=O) groups is 1. The van der Waals surface area contributed by atoms with E-state index in [4.69, 9.17) is 0 Å². The van der Waals surface area contributed by atoms with Crippen LogP contribution in [0.4, 0.5) is 0 Å². The lowest BCUT2D eigenvalue weighted by molar-refractivity contribution is -0.579. The number of rotatable bonds is 4. The minimum Gasteiger partial charge on any atom is -0.289 e. The number of allylic oxidation sites excluding steroid dienone is 4. The van der Waals surface area contributed by atoms with E-state index in [1.807, 2.05) is 36.4 Å². The second-order valence-corrected chi connectivity index (χ2v) is 8.97. The molecule has 0 spiro atoms. The van der Waals surface area contributed by atoms with Crippen molar-refractivity contribution in [2.75, 3.05) is 0 Å². The lowest BCUT2D eigenvalue weighted by Crippen LogP contribution is -3.61. The van der Waals surface area contributed by atoms with E-state index in [1.54, 1.807) is 0 Å². The number of carbonyl (C=O) groups excluding carboxylic acids is 1. The second-order valence-electron chi connectivity index (χ2n) is 5.88. The van der Waals surface area contributed by atoms with Gasteiger partial charge in [-0.15, -0.1) is 0 Å². The summed E-state index contributed by atoms with van der Waals surface area (Å²) in [7, 11) is 0. The molecule has 1 nitrogen and oxygen atoms in total. The van der Waals surface area contributed by atoms with Crippen LogP contribution in [0.3, 0.4) is 0 Å². The van der Waals surface area contributed by atoms with Crippen molar-refractivity contribution in [2.24, 2.45) is 0 Å². The molecule has 0 heterocycles. The molecule has 0 saturated carbocycles. The van der Waals surface area contributed by atoms with Crippen LogP contribution in [0, 0.1) is 3.57 Å². The zero-order valence-electron chi connectivity index (χ0n) is 13.5. The first-order chi connectivity index (χ1) is 11.1. The standard InChI is InChI=1S/C21H20IO/c1-15-13-19(21(23)17-9-5-3-6-10-17)20(14-16(15)2)22-18-11-7-4-8-12-18/h3-12H,13-14H2,1-2H3/q+1. The molecule has 0 aliphatic heterocycles. The van der Waals surface area contributed by atoms with Gasteiger partial charge in [-0.2, -0.15) is 0 Å². The number of halogens is 1. The van der Waals surface area contributed by atoms with Gasteiger partial charge in [-0.25, -0.2) is 0 Å². The van der Waals surface area contributed by atoms with E-state index in [2.05, 4.69) is 38.1 Å². The van der Waals surface area contributed by atoms with Gasteiger partial charge in [-0.3, -0.25) is 4.79 Å². The summed E-state index contributed by atoms with van der Waals surface area (Å²) < 4.78 is 2.76. The molecular weight excluding hydrogens is 395 g/mol. The van der Waals surface area contributed by atoms with Crippen molar-refractivity contribution >= 4 is 5.78 Å². The van der Waals surface area contributed by atoms with E-state index in [9.17, 15) is 4.79 Å². The van der Waals surface area contributed by atoms with Crippen LogP contribution >= 0.6 is 0 Å². The monoisotopic (exact) mass is 415 g/mol. The predicted octanol–water partition coefficient (Wildman–Crippen LogP) is 2.21. The van der Waals surface area contributed by atoms with Gasteiger partial charge in [-0.1, -0.05) is 59.7 Å². The highest BCUT2D eigenvalue weighted by Crippen LogP contribution is 2.28. The van der Waals surface area contributed by atoms with E-state index < -0.39 is 0 Å². The average Bonchev–Trinajstić information content (AvgIpc) is 2.59. The molecule has 0 amide bonds. The molecule has 0 atom stereocenters. The Morgan fingerprint density at radius 2 is 1.39 bits per heavy atom. The van der Waals surface area contributed by atoms with E-state index in [0.29, 0.717) is 0 Å². The van der Waals surface area contributed by atoms with Gasteiger partial charge < -0.3 is 0 Å². The molecule has 3 rings (SSSR count). The molecular formula is C21H20IO+. The summed E-state index contributed by atoms with van der Waals surface area (Å²) in [5.74, 6) is 0.211. The maximum absolute atomic E-state index is 13.0. The summed E-state index contributed by atoms with van der Waals surface area (Å²) in [5.41, 5.74) is 4.63. The third kappa shape index (κ3) is 3.81. The number of ketones is 1. The third-order valence-electron chi connectivity index (χ3n) is 4.18. The summed E-state index contributed by atoms with van der Waals surface area (Å²) in [6.07, 6.45) is 1.77. The Morgan fingerprint density at radius 1 is 0.826 bits per heavy atom. The van der Waals surface area contributed by atoms with Crippen molar-refractivity contribution in [3.8, 4) is 0 Å². The van der Waals surface area contributed by atoms with E-state index >= 15 is 0 Å². The molecule has 0 N–H and O–H groups in total. The van der Waals surface area contributed by atoms with E-state index in [-0.39, 0.29) is 27.0 Å². The molecule has 0 unspecified atom stereocenters. The molecule has 2 heteroatoms. The Bertz CT molecular complexity index is 770. The normalized spacial score (nSPS) is 15.0. The minimum absolute atomic E-state index is 0.211. The molecule has 23 heavy (non-hydrogen) atoms. The van der Waals surface area contributed by atoms with Crippen LogP contribution in [-0.4, -0.2) is 5.78 Å². The Balaban J connectivity index is 1.97. The number of Topliss-reactive ketones (excluding diaryl/α,β-unsaturated/α-hetero) is 1. The van der Waals surface area contributed by atoms with Crippen LogP contribution in [-0.2, 0) is 0 Å². The van der Waals surface area contributed by atoms with Crippen molar-refractivity contribution < 1.29 is 26.0 Å². The van der Waals surface area contributed by atoms with Crippen molar-refractivity contribution in [2.45, 2.75) is 26.7 Å². The molecule has 1 aliphatic carbocycles. The van der Waals surface area contributed by atoms with Gasteiger partial charge in [0, 0.05) is 18.4 Å². The fraction of sp³-hybridized carbons (Fsp3) is 0.190. The predicted molar refractivity (Wildman–Crippen MR) is 90.5 cm³/mol. The van der Waals surface area contributed by atoms with E-state index in [0.717, 1.165) is 24.0 Å². The minimum atomic E-state index is -0.282. The van der Waals surface area contributed by atoms with Crippen LogP contribution in [0.2, 0.25) is 0 Å². The quantitative estimate of drug-likeness (QED) is 0.425. The Kier molecular flexibility index (Phi) is 5.11. The Morgan fingerprint density at radius 3 is 2.04 bits per heavy atom. The van der Waals surface area contributed by atoms with Crippen molar-refractivity contribution in [3.63, 3.8) is 0 Å². The van der Waals surface area contributed by atoms with Gasteiger partial charge in [-0.05, 0) is 26.0 Å². The summed E-state index contributed by atoms with van der Waals surface area (Å²) in [6, 6.07) is 20.3. The molecule has 0 bridgehead atoms. The Labute approximate surface area is 148 Å². The average molecular weight is 415 g/mol. The maximum Gasteiger partial charge on any atom is 0.353 e. The van der Waals surface area contributed by atoms with Gasteiger partial charge in [0.1, 0.15) is 0 Å². The topological polar surface area (TPSA) is 17.1 Å². The smallest absolute Gasteiger partial charge is 0.289 e. The highest BCUT2D eigenvalue weighted by atomic mass is 127. The van der Waals surface area contributed by atoms with Crippen molar-refractivity contribution in [3.05, 3.63) is 90.1 Å². The van der Waals surface area contributed by atoms with Crippen molar-refractivity contribution in [1.82, 2.24) is 0 Å². The molecule has 0 fully saturated rings. The number of hydrogen-bond acceptors (Lipinski definition) is 1. The Hall–Kier alpha value is -1.68. The number of hydrogen-bond donors (Lipinski definition) is 0. The summed E-state index contributed by atoms with van der Waals surface area (Å²) in [4.78, 5) is 13.0. The van der Waals surface area contributed by atoms with Crippen LogP contribution < -0.4 is 21.2 Å². The first-order valence-electron chi connectivity index (χ1n) is 7.82. The van der Waals surface area contributed by atoms with Gasteiger partial charge in [0.25, 0.3) is 0 Å². The maximum atomic E-state index is 13.0. The summed E-state index contributed by atoms with van der Waals surface area (Å²) in [5, 5.41) is 0. The lowest BCUT2D eigenvalue weighted by Gasteiger charge is -2.16. The number of benzene rings is 2. The van der Waals surface area contributed by atoms with Gasteiger partial charge in [0.05, 0.1) is 5.57 Å². The van der Waals surface area contributed by atoms with Crippen molar-refractivity contribution in [1.29, 1.82) is 0 Å². The van der Waals surface area contributed by atoms with Gasteiger partial charge >= 0.3 is 21.2 Å². The largest absolute Gasteiger partial charge is 0.353 e. The van der Waals surface area contributed by atoms with E-state index in [1.165, 1.54) is 18.3 Å². The molecule has 2 aromatic carbocycles. The molecule has 1 aliphatic rings. The molecule has 0 saturated heterocycles. The zero-order chi connectivity index (χ0) is 16.2. The lowest BCUT2D eigenvalue weighted by atomic mass is 9.89. The molecule has 0 aromatic heterocycles. The first-order valence-corrected chi connectivity index (χ1v) is 9.98. The fourth-order valence-corrected chi connectivity index (χ4v) is 5.72. The van der Waals surface area contributed by atoms with Crippen LogP contribution in [0.15, 0.2) is 81.0 Å². The third-order valence-corrected chi connectivity index (χ3v) is 7.21. The van der Waals surface area contributed by atoms with Gasteiger partial charge in [0.2, 0.25) is 0 Å². The SMILES string of the molecule is CC1=C(C)CC(C(=O)c2ccccc2)=C([I+]c2ccccc2)C1. The molecule has 0 radical (unpaired) electrons. The van der Waals surface area contributed by atoms with Crippen LogP contribution in [0.1, 0.15) is 37.0 Å². The highest BCUT2D eigenvalue weighted by Gasteiger charge is 2.31. The first kappa shape index (κ1) is 16.2.